The number of halogens is 2. The average Bonchev–Trinajstić information content (AvgIpc) is 2.27. The third-order valence-corrected chi connectivity index (χ3v) is 3.12. The van der Waals surface area contributed by atoms with Gasteiger partial charge in [-0.15, -0.1) is 0 Å². The van der Waals surface area contributed by atoms with Gasteiger partial charge < -0.3 is 10.6 Å². The molecule has 1 aromatic rings. The number of anilines is 1. The van der Waals surface area contributed by atoms with Gasteiger partial charge in [0.25, 0.3) is 0 Å². The zero-order chi connectivity index (χ0) is 13.9. The highest BCUT2D eigenvalue weighted by Gasteiger charge is 2.18. The topological polar surface area (TPSA) is 46.3 Å². The molecule has 0 aliphatic heterocycles. The lowest BCUT2D eigenvalue weighted by molar-refractivity contribution is -0.118. The monoisotopic (exact) mass is 316 g/mol. The fourth-order valence-corrected chi connectivity index (χ4v) is 1.82. The van der Waals surface area contributed by atoms with E-state index in [9.17, 15) is 9.18 Å². The molecule has 0 aliphatic rings. The molecule has 1 amide bonds. The van der Waals surface area contributed by atoms with E-state index in [1.807, 2.05) is 13.8 Å². The Labute approximate surface area is 115 Å². The number of carbonyl (C=O) groups excluding carboxylic acids is 1. The van der Waals surface area contributed by atoms with Gasteiger partial charge in [-0.25, -0.2) is 4.39 Å². The molecule has 0 unspecified atom stereocenters. The number of nitrogens with two attached hydrogens (primary N) is 1. The summed E-state index contributed by atoms with van der Waals surface area (Å²) in [5.74, 6) is -0.563. The molecule has 0 radical (unpaired) electrons. The molecule has 0 atom stereocenters. The normalized spacial score (nSPS) is 11.4. The molecule has 0 heterocycles. The zero-order valence-corrected chi connectivity index (χ0v) is 12.4. The Morgan fingerprint density at radius 2 is 2.11 bits per heavy atom. The first-order chi connectivity index (χ1) is 8.20. The number of hydrogen-bond acceptors (Lipinski definition) is 2. The fourth-order valence-electron chi connectivity index (χ4n) is 1.47. The summed E-state index contributed by atoms with van der Waals surface area (Å²) in [4.78, 5) is 13.3. The Hall–Kier alpha value is -0.940. The van der Waals surface area contributed by atoms with Gasteiger partial charge in [-0.05, 0) is 38.5 Å². The summed E-state index contributed by atoms with van der Waals surface area (Å²) in [6.07, 6.45) is 0.859. The Kier molecular flexibility index (Phi) is 4.87. The maximum absolute atomic E-state index is 13.6. The van der Waals surface area contributed by atoms with Gasteiger partial charge >= 0.3 is 0 Å². The summed E-state index contributed by atoms with van der Waals surface area (Å²) in [5, 5.41) is 0. The van der Waals surface area contributed by atoms with Crippen LogP contribution in [0.15, 0.2) is 22.7 Å². The van der Waals surface area contributed by atoms with Crippen LogP contribution in [0, 0.1) is 5.82 Å². The van der Waals surface area contributed by atoms with E-state index in [1.165, 1.54) is 11.0 Å². The number of benzene rings is 1. The van der Waals surface area contributed by atoms with Gasteiger partial charge in [0.05, 0.1) is 5.69 Å². The van der Waals surface area contributed by atoms with Crippen LogP contribution < -0.4 is 10.6 Å². The van der Waals surface area contributed by atoms with Gasteiger partial charge in [0.1, 0.15) is 5.82 Å². The largest absolute Gasteiger partial charge is 0.326 e. The minimum Gasteiger partial charge on any atom is -0.326 e. The van der Waals surface area contributed by atoms with Crippen molar-refractivity contribution in [3.63, 3.8) is 0 Å². The lowest BCUT2D eigenvalue weighted by Gasteiger charge is -2.22. The highest BCUT2D eigenvalue weighted by molar-refractivity contribution is 9.10. The molecule has 2 N–H and O–H groups in total. The highest BCUT2D eigenvalue weighted by Crippen LogP contribution is 2.24. The van der Waals surface area contributed by atoms with Gasteiger partial charge in [0.15, 0.2) is 0 Å². The predicted molar refractivity (Wildman–Crippen MR) is 75.0 cm³/mol. The summed E-state index contributed by atoms with van der Waals surface area (Å²) in [5.41, 5.74) is 5.70. The van der Waals surface area contributed by atoms with E-state index in [1.54, 1.807) is 19.2 Å². The molecule has 0 spiro atoms. The lowest BCUT2D eigenvalue weighted by atomic mass is 10.00. The van der Waals surface area contributed by atoms with Crippen LogP contribution in [0.3, 0.4) is 0 Å². The Morgan fingerprint density at radius 3 is 2.67 bits per heavy atom. The molecule has 0 fully saturated rings. The van der Waals surface area contributed by atoms with Gasteiger partial charge in [-0.1, -0.05) is 15.9 Å². The molecule has 0 saturated carbocycles. The van der Waals surface area contributed by atoms with Crippen molar-refractivity contribution in [2.75, 3.05) is 11.9 Å². The van der Waals surface area contributed by atoms with E-state index in [4.69, 9.17) is 5.73 Å². The molecule has 18 heavy (non-hydrogen) atoms. The molecule has 0 aliphatic carbocycles. The van der Waals surface area contributed by atoms with Gasteiger partial charge in [0, 0.05) is 23.5 Å². The molecular formula is C13H18BrFN2O. The molecule has 100 valence electrons. The van der Waals surface area contributed by atoms with E-state index in [0.29, 0.717) is 12.8 Å². The summed E-state index contributed by atoms with van der Waals surface area (Å²) in [7, 11) is 1.57. The van der Waals surface area contributed by atoms with E-state index < -0.39 is 11.4 Å². The van der Waals surface area contributed by atoms with Crippen LogP contribution in [0.5, 0.6) is 0 Å². The fraction of sp³-hybridized carbons (Fsp3) is 0.462. The third kappa shape index (κ3) is 4.38. The average molecular weight is 317 g/mol. The van der Waals surface area contributed by atoms with Crippen LogP contribution in [0.25, 0.3) is 0 Å². The van der Waals surface area contributed by atoms with E-state index in [2.05, 4.69) is 15.9 Å². The van der Waals surface area contributed by atoms with Crippen LogP contribution in [0.2, 0.25) is 0 Å². The van der Waals surface area contributed by atoms with Crippen LogP contribution in [0.1, 0.15) is 26.7 Å². The molecule has 1 aromatic carbocycles. The van der Waals surface area contributed by atoms with Crippen molar-refractivity contribution in [1.29, 1.82) is 0 Å². The minimum absolute atomic E-state index is 0.148. The summed E-state index contributed by atoms with van der Waals surface area (Å²) >= 11 is 3.26. The van der Waals surface area contributed by atoms with Crippen LogP contribution in [-0.2, 0) is 4.79 Å². The standard InChI is InChI=1S/C13H18BrFN2O/c1-13(2,16)7-6-12(18)17(3)11-8-9(14)4-5-10(11)15/h4-5,8H,6-7,16H2,1-3H3. The Balaban J connectivity index is 2.77. The number of amides is 1. The van der Waals surface area contributed by atoms with E-state index in [-0.39, 0.29) is 11.6 Å². The number of hydrogen-bond donors (Lipinski definition) is 1. The van der Waals surface area contributed by atoms with Crippen LogP contribution in [-0.4, -0.2) is 18.5 Å². The van der Waals surface area contributed by atoms with Crippen LogP contribution >= 0.6 is 15.9 Å². The third-order valence-electron chi connectivity index (χ3n) is 2.63. The highest BCUT2D eigenvalue weighted by atomic mass is 79.9. The second-order valence-corrected chi connectivity index (χ2v) is 5.95. The summed E-state index contributed by atoms with van der Waals surface area (Å²) < 4.78 is 14.3. The van der Waals surface area contributed by atoms with Crippen molar-refractivity contribution in [3.05, 3.63) is 28.5 Å². The van der Waals surface area contributed by atoms with Crippen molar-refractivity contribution in [2.45, 2.75) is 32.2 Å². The molecule has 0 saturated heterocycles. The predicted octanol–water partition coefficient (Wildman–Crippen LogP) is 3.07. The quantitative estimate of drug-likeness (QED) is 0.928. The maximum atomic E-state index is 13.6. The van der Waals surface area contributed by atoms with Crippen molar-refractivity contribution < 1.29 is 9.18 Å². The van der Waals surface area contributed by atoms with Gasteiger partial charge in [-0.2, -0.15) is 0 Å². The smallest absolute Gasteiger partial charge is 0.226 e. The number of rotatable bonds is 4. The zero-order valence-electron chi connectivity index (χ0n) is 10.8. The molecule has 0 aromatic heterocycles. The SMILES string of the molecule is CN(C(=O)CCC(C)(C)N)c1cc(Br)ccc1F. The van der Waals surface area contributed by atoms with Crippen molar-refractivity contribution in [3.8, 4) is 0 Å². The van der Waals surface area contributed by atoms with Crippen molar-refractivity contribution >= 4 is 27.5 Å². The maximum Gasteiger partial charge on any atom is 0.226 e. The first-order valence-electron chi connectivity index (χ1n) is 5.71. The molecular weight excluding hydrogens is 299 g/mol. The molecule has 0 bridgehead atoms. The first-order valence-corrected chi connectivity index (χ1v) is 6.50. The Morgan fingerprint density at radius 1 is 1.50 bits per heavy atom. The van der Waals surface area contributed by atoms with Gasteiger partial charge in [-0.3, -0.25) is 4.79 Å². The molecule has 1 rings (SSSR count). The summed E-state index contributed by atoms with van der Waals surface area (Å²) in [6, 6.07) is 4.51. The minimum atomic E-state index is -0.416. The second-order valence-electron chi connectivity index (χ2n) is 5.04. The van der Waals surface area contributed by atoms with Gasteiger partial charge in [0.2, 0.25) is 5.91 Å². The number of nitrogens with zero attached hydrogens (tertiary/aromatic N) is 1. The van der Waals surface area contributed by atoms with Crippen molar-refractivity contribution in [2.24, 2.45) is 5.73 Å². The first kappa shape index (κ1) is 15.1. The lowest BCUT2D eigenvalue weighted by Crippen LogP contribution is -2.35. The van der Waals surface area contributed by atoms with Crippen molar-refractivity contribution in [1.82, 2.24) is 0 Å². The van der Waals surface area contributed by atoms with E-state index >= 15 is 0 Å². The second kappa shape index (κ2) is 5.80. The molecule has 3 nitrogen and oxygen atoms in total. The van der Waals surface area contributed by atoms with E-state index in [0.717, 1.165) is 4.47 Å². The summed E-state index contributed by atoms with van der Waals surface area (Å²) in [6.45, 7) is 3.72. The number of carbonyl (C=O) groups is 1. The Bertz CT molecular complexity index is 443. The molecule has 5 heteroatoms. The van der Waals surface area contributed by atoms with Crippen LogP contribution in [0.4, 0.5) is 10.1 Å².